The Labute approximate surface area is 130 Å². The first-order valence-electron chi connectivity index (χ1n) is 6.41. The molecule has 0 amide bonds. The van der Waals surface area contributed by atoms with Gasteiger partial charge in [0.1, 0.15) is 10.6 Å². The fraction of sp³-hybridized carbons (Fsp3) is 0.200. The molecule has 0 saturated heterocycles. The molecule has 2 aromatic carbocycles. The highest BCUT2D eigenvalue weighted by molar-refractivity contribution is 7.90. The summed E-state index contributed by atoms with van der Waals surface area (Å²) in [7, 11) is -7.37. The number of rotatable bonds is 4. The molecule has 0 N–H and O–H groups in total. The Morgan fingerprint density at radius 2 is 1.23 bits per heavy atom. The summed E-state index contributed by atoms with van der Waals surface area (Å²) >= 11 is 0. The molecule has 0 unspecified atom stereocenters. The minimum absolute atomic E-state index is 0.0536. The first-order valence-corrected chi connectivity index (χ1v) is 9.71. The van der Waals surface area contributed by atoms with Gasteiger partial charge < -0.3 is 4.18 Å². The van der Waals surface area contributed by atoms with Gasteiger partial charge in [0.05, 0.1) is 4.90 Å². The average molecular weight is 340 g/mol. The number of sulfone groups is 1. The first kappa shape index (κ1) is 16.5. The standard InChI is InChI=1S/C15H16O5S2/c1-11-8-12(2)10-13(9-11)20-22(18,19)15-6-4-14(5-7-15)21(3,16)17/h4-10H,1-3H3. The van der Waals surface area contributed by atoms with Crippen LogP contribution in [0.4, 0.5) is 0 Å². The smallest absolute Gasteiger partial charge is 0.339 e. The molecule has 0 aliphatic carbocycles. The van der Waals surface area contributed by atoms with E-state index >= 15 is 0 Å². The second kappa shape index (κ2) is 5.73. The average Bonchev–Trinajstić information content (AvgIpc) is 2.36. The molecule has 0 aliphatic heterocycles. The Kier molecular flexibility index (Phi) is 4.30. The first-order chi connectivity index (χ1) is 10.1. The molecule has 7 heteroatoms. The Morgan fingerprint density at radius 3 is 1.68 bits per heavy atom. The van der Waals surface area contributed by atoms with Gasteiger partial charge >= 0.3 is 10.1 Å². The van der Waals surface area contributed by atoms with Crippen LogP contribution in [0.25, 0.3) is 0 Å². The second-order valence-electron chi connectivity index (χ2n) is 5.10. The maximum atomic E-state index is 12.2. The molecule has 0 saturated carbocycles. The van der Waals surface area contributed by atoms with E-state index in [4.69, 9.17) is 4.18 Å². The van der Waals surface area contributed by atoms with Gasteiger partial charge in [0, 0.05) is 6.26 Å². The van der Waals surface area contributed by atoms with Gasteiger partial charge in [-0.3, -0.25) is 0 Å². The molecule has 0 heterocycles. The molecule has 0 aromatic heterocycles. The van der Waals surface area contributed by atoms with Crippen LogP contribution in [-0.2, 0) is 20.0 Å². The van der Waals surface area contributed by atoms with Crippen molar-refractivity contribution in [2.45, 2.75) is 23.6 Å². The largest absolute Gasteiger partial charge is 0.379 e. The van der Waals surface area contributed by atoms with Crippen LogP contribution >= 0.6 is 0 Å². The van der Waals surface area contributed by atoms with Gasteiger partial charge in [-0.15, -0.1) is 0 Å². The highest BCUT2D eigenvalue weighted by Gasteiger charge is 2.18. The molecule has 0 spiro atoms. The van der Waals surface area contributed by atoms with E-state index in [0.29, 0.717) is 0 Å². The van der Waals surface area contributed by atoms with Crippen LogP contribution < -0.4 is 4.18 Å². The normalized spacial score (nSPS) is 12.1. The van der Waals surface area contributed by atoms with Gasteiger partial charge in [-0.1, -0.05) is 6.07 Å². The molecule has 118 valence electrons. The van der Waals surface area contributed by atoms with Crippen LogP contribution in [0.5, 0.6) is 5.75 Å². The molecule has 0 radical (unpaired) electrons. The molecule has 0 aliphatic rings. The summed E-state index contributed by atoms with van der Waals surface area (Å²) in [6.45, 7) is 3.68. The summed E-state index contributed by atoms with van der Waals surface area (Å²) in [6.07, 6.45) is 1.06. The van der Waals surface area contributed by atoms with Crippen molar-refractivity contribution in [3.63, 3.8) is 0 Å². The van der Waals surface area contributed by atoms with Crippen molar-refractivity contribution in [2.75, 3.05) is 6.26 Å². The minimum atomic E-state index is -4.00. The van der Waals surface area contributed by atoms with Gasteiger partial charge in [-0.05, 0) is 61.4 Å². The maximum absolute atomic E-state index is 12.2. The maximum Gasteiger partial charge on any atom is 0.339 e. The summed E-state index contributed by atoms with van der Waals surface area (Å²) in [5.41, 5.74) is 1.77. The van der Waals surface area contributed by atoms with Gasteiger partial charge in [0.2, 0.25) is 0 Å². The van der Waals surface area contributed by atoms with Gasteiger partial charge in [-0.25, -0.2) is 8.42 Å². The lowest BCUT2D eigenvalue weighted by Gasteiger charge is -2.09. The fourth-order valence-electron chi connectivity index (χ4n) is 2.01. The monoisotopic (exact) mass is 340 g/mol. The Hall–Kier alpha value is -1.86. The van der Waals surface area contributed by atoms with E-state index in [0.717, 1.165) is 17.4 Å². The van der Waals surface area contributed by atoms with Crippen molar-refractivity contribution in [3.05, 3.63) is 53.6 Å². The minimum Gasteiger partial charge on any atom is -0.379 e. The van der Waals surface area contributed by atoms with Crippen LogP contribution in [0, 0.1) is 13.8 Å². The quantitative estimate of drug-likeness (QED) is 0.799. The highest BCUT2D eigenvalue weighted by Crippen LogP contribution is 2.22. The topological polar surface area (TPSA) is 77.5 Å². The van der Waals surface area contributed by atoms with Crippen molar-refractivity contribution in [1.82, 2.24) is 0 Å². The fourth-order valence-corrected chi connectivity index (χ4v) is 3.56. The molecule has 0 fully saturated rings. The molecule has 22 heavy (non-hydrogen) atoms. The number of hydrogen-bond acceptors (Lipinski definition) is 5. The summed E-state index contributed by atoms with van der Waals surface area (Å²) in [5.74, 6) is 0.227. The van der Waals surface area contributed by atoms with E-state index in [9.17, 15) is 16.8 Å². The van der Waals surface area contributed by atoms with Crippen LogP contribution in [0.3, 0.4) is 0 Å². The van der Waals surface area contributed by atoms with Crippen molar-refractivity contribution < 1.29 is 21.0 Å². The lowest BCUT2D eigenvalue weighted by Crippen LogP contribution is -2.10. The molecule has 2 aromatic rings. The van der Waals surface area contributed by atoms with Gasteiger partial charge in [0.25, 0.3) is 0 Å². The molecular formula is C15H16O5S2. The number of benzene rings is 2. The zero-order valence-corrected chi connectivity index (χ0v) is 14.0. The molecule has 0 atom stereocenters. The third-order valence-corrected chi connectivity index (χ3v) is 5.33. The van der Waals surface area contributed by atoms with Crippen LogP contribution in [0.1, 0.15) is 11.1 Å². The van der Waals surface area contributed by atoms with Crippen LogP contribution in [0.2, 0.25) is 0 Å². The SMILES string of the molecule is Cc1cc(C)cc(OS(=O)(=O)c2ccc(S(C)(=O)=O)cc2)c1. The predicted molar refractivity (Wildman–Crippen MR) is 83.3 cm³/mol. The third-order valence-electron chi connectivity index (χ3n) is 2.94. The summed E-state index contributed by atoms with van der Waals surface area (Å²) in [6, 6.07) is 10.1. The van der Waals surface area contributed by atoms with Gasteiger partial charge in [0.15, 0.2) is 9.84 Å². The van der Waals surface area contributed by atoms with Crippen LogP contribution in [0.15, 0.2) is 52.3 Å². The van der Waals surface area contributed by atoms with Crippen molar-refractivity contribution in [1.29, 1.82) is 0 Å². The van der Waals surface area contributed by atoms with E-state index in [1.54, 1.807) is 12.1 Å². The van der Waals surface area contributed by atoms with E-state index in [1.807, 2.05) is 19.9 Å². The van der Waals surface area contributed by atoms with Crippen molar-refractivity contribution in [3.8, 4) is 5.75 Å². The van der Waals surface area contributed by atoms with Crippen LogP contribution in [-0.4, -0.2) is 23.1 Å². The lowest BCUT2D eigenvalue weighted by molar-refractivity contribution is 0.485. The lowest BCUT2D eigenvalue weighted by atomic mass is 10.1. The Balaban J connectivity index is 2.34. The Bertz CT molecular complexity index is 875. The van der Waals surface area contributed by atoms with E-state index < -0.39 is 20.0 Å². The third kappa shape index (κ3) is 3.86. The number of aryl methyl sites for hydroxylation is 2. The number of hydrogen-bond donors (Lipinski definition) is 0. The molecule has 5 nitrogen and oxygen atoms in total. The van der Waals surface area contributed by atoms with Crippen molar-refractivity contribution >= 4 is 20.0 Å². The summed E-state index contributed by atoms with van der Waals surface area (Å²) in [4.78, 5) is -0.0445. The van der Waals surface area contributed by atoms with E-state index in [2.05, 4.69) is 0 Å². The zero-order valence-electron chi connectivity index (χ0n) is 12.4. The summed E-state index contributed by atoms with van der Waals surface area (Å²) < 4.78 is 52.3. The molecular weight excluding hydrogens is 324 g/mol. The van der Waals surface area contributed by atoms with E-state index in [-0.39, 0.29) is 15.5 Å². The van der Waals surface area contributed by atoms with E-state index in [1.165, 1.54) is 24.3 Å². The molecule has 2 rings (SSSR count). The van der Waals surface area contributed by atoms with Gasteiger partial charge in [-0.2, -0.15) is 8.42 Å². The second-order valence-corrected chi connectivity index (χ2v) is 8.67. The Morgan fingerprint density at radius 1 is 0.773 bits per heavy atom. The summed E-state index contributed by atoms with van der Waals surface area (Å²) in [5, 5.41) is 0. The van der Waals surface area contributed by atoms with Crippen molar-refractivity contribution in [2.24, 2.45) is 0 Å². The molecule has 0 bridgehead atoms. The predicted octanol–water partition coefficient (Wildman–Crippen LogP) is 2.47. The zero-order chi connectivity index (χ0) is 16.5. The highest BCUT2D eigenvalue weighted by atomic mass is 32.2.